The summed E-state index contributed by atoms with van der Waals surface area (Å²) in [7, 11) is 0. The van der Waals surface area contributed by atoms with Crippen LogP contribution in [0.1, 0.15) is 24.5 Å². The lowest BCUT2D eigenvalue weighted by Gasteiger charge is -2.16. The summed E-state index contributed by atoms with van der Waals surface area (Å²) in [6.45, 7) is 4.27. The zero-order valence-electron chi connectivity index (χ0n) is 9.46. The zero-order chi connectivity index (χ0) is 12.1. The van der Waals surface area contributed by atoms with Crippen LogP contribution < -0.4 is 10.5 Å². The van der Waals surface area contributed by atoms with Crippen LogP contribution in [0, 0.1) is 18.3 Å². The molecule has 2 N–H and O–H groups in total. The maximum atomic E-state index is 8.88. The lowest BCUT2D eigenvalue weighted by molar-refractivity contribution is 0.247. The molecule has 0 spiro atoms. The van der Waals surface area contributed by atoms with Gasteiger partial charge in [0.25, 0.3) is 0 Å². The van der Waals surface area contributed by atoms with Gasteiger partial charge in [-0.25, -0.2) is 0 Å². The van der Waals surface area contributed by atoms with Gasteiger partial charge in [0.05, 0.1) is 0 Å². The van der Waals surface area contributed by atoms with Gasteiger partial charge in [-0.15, -0.1) is 0 Å². The molecular weight excluding hydrogens is 268 g/mol. The van der Waals surface area contributed by atoms with Crippen LogP contribution in [0.15, 0.2) is 16.6 Å². The van der Waals surface area contributed by atoms with Crippen LogP contribution in [-0.4, -0.2) is 6.10 Å². The highest BCUT2D eigenvalue weighted by Gasteiger charge is 2.12. The molecule has 1 aromatic carbocycles. The minimum absolute atomic E-state index is 0.400. The third-order valence-corrected chi connectivity index (χ3v) is 2.77. The Kier molecular flexibility index (Phi) is 4.78. The van der Waals surface area contributed by atoms with Crippen molar-refractivity contribution in [3.8, 4) is 11.8 Å². The van der Waals surface area contributed by atoms with E-state index >= 15 is 0 Å². The molecule has 0 aromatic heterocycles. The average Bonchev–Trinajstić information content (AvgIpc) is 2.27. The number of hydrogen-bond acceptors (Lipinski definition) is 3. The summed E-state index contributed by atoms with van der Waals surface area (Å²) in [6.07, 6.45) is 0.251. The number of nitriles is 1. The molecule has 0 radical (unpaired) electrons. The molecule has 0 saturated carbocycles. The van der Waals surface area contributed by atoms with Crippen molar-refractivity contribution < 1.29 is 4.74 Å². The third-order valence-electron chi connectivity index (χ3n) is 2.31. The summed E-state index contributed by atoms with van der Waals surface area (Å²) in [5.74, 6) is 0.735. The van der Waals surface area contributed by atoms with Gasteiger partial charge in [0, 0.05) is 16.6 Å². The summed E-state index contributed by atoms with van der Waals surface area (Å²) in [4.78, 5) is 0. The standard InChI is InChI=1S/C12H15BrN2O/c1-3-11(7-15)16-12-8(2)4-10(13)5-9(12)6-14/h4-5,11H,3,6,14H2,1-2H3. The summed E-state index contributed by atoms with van der Waals surface area (Å²) in [6, 6.07) is 6.00. The molecule has 1 rings (SSSR count). The summed E-state index contributed by atoms with van der Waals surface area (Å²) >= 11 is 3.41. The minimum atomic E-state index is -0.412. The van der Waals surface area contributed by atoms with Crippen molar-refractivity contribution in [3.63, 3.8) is 0 Å². The molecule has 0 aliphatic carbocycles. The molecule has 0 aliphatic heterocycles. The van der Waals surface area contributed by atoms with E-state index in [0.717, 1.165) is 21.3 Å². The van der Waals surface area contributed by atoms with E-state index in [9.17, 15) is 0 Å². The molecule has 0 saturated heterocycles. The summed E-state index contributed by atoms with van der Waals surface area (Å²) in [5.41, 5.74) is 7.57. The number of benzene rings is 1. The fourth-order valence-corrected chi connectivity index (χ4v) is 2.08. The SMILES string of the molecule is CCC(C#N)Oc1c(C)cc(Br)cc1CN. The van der Waals surface area contributed by atoms with E-state index in [1.165, 1.54) is 0 Å². The number of halogens is 1. The van der Waals surface area contributed by atoms with E-state index < -0.39 is 6.10 Å². The second-order valence-corrected chi connectivity index (χ2v) is 4.47. The topological polar surface area (TPSA) is 59.0 Å². The zero-order valence-corrected chi connectivity index (χ0v) is 11.0. The number of nitrogens with zero attached hydrogens (tertiary/aromatic N) is 1. The largest absolute Gasteiger partial charge is 0.475 e. The Labute approximate surface area is 104 Å². The fourth-order valence-electron chi connectivity index (χ4n) is 1.46. The molecule has 0 bridgehead atoms. The van der Waals surface area contributed by atoms with E-state index in [-0.39, 0.29) is 0 Å². The van der Waals surface area contributed by atoms with Crippen molar-refractivity contribution in [2.45, 2.75) is 32.9 Å². The van der Waals surface area contributed by atoms with Crippen molar-refractivity contribution in [1.82, 2.24) is 0 Å². The van der Waals surface area contributed by atoms with Crippen LogP contribution in [-0.2, 0) is 6.54 Å². The van der Waals surface area contributed by atoms with Gasteiger partial charge in [-0.05, 0) is 31.0 Å². The summed E-state index contributed by atoms with van der Waals surface area (Å²) < 4.78 is 6.63. The molecule has 0 amide bonds. The fraction of sp³-hybridized carbons (Fsp3) is 0.417. The van der Waals surface area contributed by atoms with Gasteiger partial charge in [-0.2, -0.15) is 5.26 Å². The lowest BCUT2D eigenvalue weighted by atomic mass is 10.1. The van der Waals surface area contributed by atoms with Crippen molar-refractivity contribution >= 4 is 15.9 Å². The van der Waals surface area contributed by atoms with Crippen molar-refractivity contribution in [2.75, 3.05) is 0 Å². The van der Waals surface area contributed by atoms with E-state index in [2.05, 4.69) is 22.0 Å². The van der Waals surface area contributed by atoms with Gasteiger partial charge in [0.15, 0.2) is 6.10 Å². The Balaban J connectivity index is 3.07. The van der Waals surface area contributed by atoms with Gasteiger partial charge in [0.1, 0.15) is 11.8 Å². The number of ether oxygens (including phenoxy) is 1. The van der Waals surface area contributed by atoms with Crippen LogP contribution in [0.3, 0.4) is 0 Å². The molecule has 1 unspecified atom stereocenters. The Bertz CT molecular complexity index is 412. The molecule has 1 aromatic rings. The molecule has 0 fully saturated rings. The molecule has 0 aliphatic rings. The first kappa shape index (κ1) is 13.0. The van der Waals surface area contributed by atoms with E-state index in [0.29, 0.717) is 13.0 Å². The van der Waals surface area contributed by atoms with Crippen molar-refractivity contribution in [2.24, 2.45) is 5.73 Å². The summed E-state index contributed by atoms with van der Waals surface area (Å²) in [5, 5.41) is 8.88. The maximum Gasteiger partial charge on any atom is 0.184 e. The number of nitrogens with two attached hydrogens (primary N) is 1. The normalized spacial score (nSPS) is 11.9. The Morgan fingerprint density at radius 2 is 2.25 bits per heavy atom. The van der Waals surface area contributed by atoms with E-state index in [4.69, 9.17) is 15.7 Å². The van der Waals surface area contributed by atoms with E-state index in [1.807, 2.05) is 26.0 Å². The first-order valence-electron chi connectivity index (χ1n) is 5.17. The van der Waals surface area contributed by atoms with Crippen molar-refractivity contribution in [3.05, 3.63) is 27.7 Å². The predicted molar refractivity (Wildman–Crippen MR) is 67.1 cm³/mol. The van der Waals surface area contributed by atoms with Gasteiger partial charge in [0.2, 0.25) is 0 Å². The number of rotatable bonds is 4. The number of hydrogen-bond donors (Lipinski definition) is 1. The first-order valence-corrected chi connectivity index (χ1v) is 5.97. The Hall–Kier alpha value is -1.05. The highest BCUT2D eigenvalue weighted by Crippen LogP contribution is 2.28. The van der Waals surface area contributed by atoms with Crippen LogP contribution in [0.2, 0.25) is 0 Å². The monoisotopic (exact) mass is 282 g/mol. The van der Waals surface area contributed by atoms with Crippen LogP contribution >= 0.6 is 15.9 Å². The first-order chi connectivity index (χ1) is 7.62. The highest BCUT2D eigenvalue weighted by atomic mass is 79.9. The second kappa shape index (κ2) is 5.88. The van der Waals surface area contributed by atoms with Gasteiger partial charge in [-0.3, -0.25) is 0 Å². The third kappa shape index (κ3) is 2.97. The van der Waals surface area contributed by atoms with Gasteiger partial charge in [-0.1, -0.05) is 22.9 Å². The Morgan fingerprint density at radius 3 is 2.75 bits per heavy atom. The maximum absolute atomic E-state index is 8.88. The quantitative estimate of drug-likeness (QED) is 0.924. The second-order valence-electron chi connectivity index (χ2n) is 3.56. The van der Waals surface area contributed by atoms with Gasteiger partial charge < -0.3 is 10.5 Å². The van der Waals surface area contributed by atoms with Crippen molar-refractivity contribution in [1.29, 1.82) is 5.26 Å². The molecule has 1 atom stereocenters. The number of aryl methyl sites for hydroxylation is 1. The van der Waals surface area contributed by atoms with Crippen LogP contribution in [0.25, 0.3) is 0 Å². The highest BCUT2D eigenvalue weighted by molar-refractivity contribution is 9.10. The van der Waals surface area contributed by atoms with Crippen LogP contribution in [0.5, 0.6) is 5.75 Å². The van der Waals surface area contributed by atoms with Crippen LogP contribution in [0.4, 0.5) is 0 Å². The molecular formula is C12H15BrN2O. The van der Waals surface area contributed by atoms with E-state index in [1.54, 1.807) is 0 Å². The molecule has 4 heteroatoms. The Morgan fingerprint density at radius 1 is 1.56 bits per heavy atom. The average molecular weight is 283 g/mol. The minimum Gasteiger partial charge on any atom is -0.475 e. The van der Waals surface area contributed by atoms with Gasteiger partial charge >= 0.3 is 0 Å². The predicted octanol–water partition coefficient (Wildman–Crippen LogP) is 2.90. The lowest BCUT2D eigenvalue weighted by Crippen LogP contribution is -2.15. The smallest absolute Gasteiger partial charge is 0.184 e. The molecule has 86 valence electrons. The molecule has 0 heterocycles. The molecule has 3 nitrogen and oxygen atoms in total. The molecule has 16 heavy (non-hydrogen) atoms.